The molecule has 0 aliphatic heterocycles. The van der Waals surface area contributed by atoms with E-state index in [4.69, 9.17) is 0 Å². The molecule has 0 unspecified atom stereocenters. The van der Waals surface area contributed by atoms with Crippen molar-refractivity contribution in [2.24, 2.45) is 0 Å². The number of rotatable bonds is 5. The average molecular weight is 283 g/mol. The smallest absolute Gasteiger partial charge is 0.328 e. The van der Waals surface area contributed by atoms with Gasteiger partial charge in [0.2, 0.25) is 0 Å². The highest BCUT2D eigenvalue weighted by Gasteiger charge is 2.26. The lowest BCUT2D eigenvalue weighted by molar-refractivity contribution is -0.149. The molecular formula is C13H14FNO5. The van der Waals surface area contributed by atoms with Crippen molar-refractivity contribution < 1.29 is 28.2 Å². The minimum Gasteiger partial charge on any atom is -0.469 e. The first-order valence-corrected chi connectivity index (χ1v) is 5.69. The van der Waals surface area contributed by atoms with Crippen molar-refractivity contribution in [1.29, 1.82) is 0 Å². The summed E-state index contributed by atoms with van der Waals surface area (Å²) in [6.45, 7) is 0. The molecule has 7 heteroatoms. The summed E-state index contributed by atoms with van der Waals surface area (Å²) in [5.41, 5.74) is -0.230. The van der Waals surface area contributed by atoms with Gasteiger partial charge in [-0.05, 0) is 12.1 Å². The minimum atomic E-state index is -1.24. The van der Waals surface area contributed by atoms with Crippen molar-refractivity contribution in [2.45, 2.75) is 12.5 Å². The summed E-state index contributed by atoms with van der Waals surface area (Å²) < 4.78 is 22.3. The molecule has 0 aliphatic rings. The second-order valence-corrected chi connectivity index (χ2v) is 3.81. The van der Waals surface area contributed by atoms with Crippen LogP contribution in [0.3, 0.4) is 0 Å². The van der Waals surface area contributed by atoms with E-state index >= 15 is 0 Å². The Labute approximate surface area is 114 Å². The Balaban J connectivity index is 2.84. The molecule has 0 saturated heterocycles. The summed E-state index contributed by atoms with van der Waals surface area (Å²) >= 11 is 0. The van der Waals surface area contributed by atoms with Gasteiger partial charge < -0.3 is 14.8 Å². The third-order valence-electron chi connectivity index (χ3n) is 2.51. The number of hydrogen-bond acceptors (Lipinski definition) is 5. The molecule has 1 N–H and O–H groups in total. The molecule has 1 aromatic carbocycles. The molecule has 1 atom stereocenters. The van der Waals surface area contributed by atoms with E-state index < -0.39 is 36.1 Å². The van der Waals surface area contributed by atoms with Crippen LogP contribution in [0.25, 0.3) is 0 Å². The first kappa shape index (κ1) is 15.6. The SMILES string of the molecule is COC(=O)C[C@@H](NC(=O)c1ccccc1F)C(=O)OC. The van der Waals surface area contributed by atoms with E-state index in [1.807, 2.05) is 0 Å². The molecule has 0 aliphatic carbocycles. The summed E-state index contributed by atoms with van der Waals surface area (Å²) in [5, 5.41) is 2.24. The lowest BCUT2D eigenvalue weighted by Gasteiger charge is -2.15. The van der Waals surface area contributed by atoms with Gasteiger partial charge in [-0.3, -0.25) is 9.59 Å². The van der Waals surface area contributed by atoms with Crippen molar-refractivity contribution in [3.05, 3.63) is 35.6 Å². The molecule has 1 amide bonds. The van der Waals surface area contributed by atoms with Gasteiger partial charge in [0, 0.05) is 0 Å². The monoisotopic (exact) mass is 283 g/mol. The average Bonchev–Trinajstić information content (AvgIpc) is 2.45. The number of amides is 1. The first-order valence-electron chi connectivity index (χ1n) is 5.69. The molecule has 108 valence electrons. The number of carbonyl (C=O) groups excluding carboxylic acids is 3. The van der Waals surface area contributed by atoms with E-state index in [-0.39, 0.29) is 5.56 Å². The maximum atomic E-state index is 13.4. The molecule has 0 radical (unpaired) electrons. The standard InChI is InChI=1S/C13H14FNO5/c1-19-11(16)7-10(13(18)20-2)15-12(17)8-5-3-4-6-9(8)14/h3-6,10H,7H2,1-2H3,(H,15,17)/t10-/m1/s1. The Morgan fingerprint density at radius 2 is 1.85 bits per heavy atom. The van der Waals surface area contributed by atoms with Crippen molar-refractivity contribution >= 4 is 17.8 Å². The Morgan fingerprint density at radius 3 is 2.40 bits per heavy atom. The Kier molecular flexibility index (Phi) is 5.64. The molecular weight excluding hydrogens is 269 g/mol. The van der Waals surface area contributed by atoms with Gasteiger partial charge in [-0.1, -0.05) is 12.1 Å². The highest BCUT2D eigenvalue weighted by Crippen LogP contribution is 2.07. The maximum Gasteiger partial charge on any atom is 0.328 e. The molecule has 20 heavy (non-hydrogen) atoms. The van der Waals surface area contributed by atoms with Crippen LogP contribution in [0.5, 0.6) is 0 Å². The summed E-state index contributed by atoms with van der Waals surface area (Å²) in [7, 11) is 2.26. The molecule has 0 heterocycles. The van der Waals surface area contributed by atoms with E-state index in [2.05, 4.69) is 14.8 Å². The van der Waals surface area contributed by atoms with Crippen molar-refractivity contribution in [2.75, 3.05) is 14.2 Å². The van der Waals surface area contributed by atoms with Gasteiger partial charge in [-0.15, -0.1) is 0 Å². The predicted molar refractivity (Wildman–Crippen MR) is 66.3 cm³/mol. The number of carbonyl (C=O) groups is 3. The predicted octanol–water partition coefficient (Wildman–Crippen LogP) is 0.660. The first-order chi connectivity index (χ1) is 9.49. The van der Waals surface area contributed by atoms with Gasteiger partial charge in [0.1, 0.15) is 11.9 Å². The second kappa shape index (κ2) is 7.22. The summed E-state index contributed by atoms with van der Waals surface area (Å²) in [6, 6.07) is 4.04. The van der Waals surface area contributed by atoms with Crippen LogP contribution >= 0.6 is 0 Å². The Bertz CT molecular complexity index is 517. The van der Waals surface area contributed by atoms with Crippen molar-refractivity contribution in [3.8, 4) is 0 Å². The quantitative estimate of drug-likeness (QED) is 0.803. The summed E-state index contributed by atoms with van der Waals surface area (Å²) in [6.07, 6.45) is -0.399. The highest BCUT2D eigenvalue weighted by molar-refractivity contribution is 5.97. The zero-order chi connectivity index (χ0) is 15.1. The van der Waals surface area contributed by atoms with Gasteiger partial charge in [0.05, 0.1) is 26.2 Å². The fourth-order valence-electron chi connectivity index (χ4n) is 1.47. The van der Waals surface area contributed by atoms with Crippen molar-refractivity contribution in [3.63, 3.8) is 0 Å². The van der Waals surface area contributed by atoms with E-state index in [0.29, 0.717) is 0 Å². The van der Waals surface area contributed by atoms with Crippen LogP contribution in [0.15, 0.2) is 24.3 Å². The molecule has 0 saturated carbocycles. The molecule has 1 aromatic rings. The molecule has 0 aromatic heterocycles. The van der Waals surface area contributed by atoms with Crippen LogP contribution in [0.1, 0.15) is 16.8 Å². The number of ether oxygens (including phenoxy) is 2. The van der Waals surface area contributed by atoms with E-state index in [9.17, 15) is 18.8 Å². The van der Waals surface area contributed by atoms with E-state index in [1.54, 1.807) is 0 Å². The highest BCUT2D eigenvalue weighted by atomic mass is 19.1. The van der Waals surface area contributed by atoms with Crippen LogP contribution in [-0.2, 0) is 19.1 Å². The van der Waals surface area contributed by atoms with Gasteiger partial charge in [-0.25, -0.2) is 9.18 Å². The van der Waals surface area contributed by atoms with E-state index in [0.717, 1.165) is 20.3 Å². The number of methoxy groups -OCH3 is 2. The number of nitrogens with one attached hydrogen (secondary N) is 1. The van der Waals surface area contributed by atoms with Crippen LogP contribution in [0.4, 0.5) is 4.39 Å². The topological polar surface area (TPSA) is 81.7 Å². The number of halogens is 1. The zero-order valence-electron chi connectivity index (χ0n) is 11.0. The maximum absolute atomic E-state index is 13.4. The Morgan fingerprint density at radius 1 is 1.20 bits per heavy atom. The molecule has 6 nitrogen and oxygen atoms in total. The molecule has 1 rings (SSSR count). The summed E-state index contributed by atoms with van der Waals surface area (Å²) in [4.78, 5) is 34.5. The molecule has 0 bridgehead atoms. The molecule has 0 fully saturated rings. The third kappa shape index (κ3) is 4.04. The summed E-state index contributed by atoms with van der Waals surface area (Å²) in [5.74, 6) is -3.07. The largest absolute Gasteiger partial charge is 0.469 e. The van der Waals surface area contributed by atoms with Crippen LogP contribution < -0.4 is 5.32 Å². The van der Waals surface area contributed by atoms with Gasteiger partial charge >= 0.3 is 11.9 Å². The normalized spacial score (nSPS) is 11.3. The van der Waals surface area contributed by atoms with Gasteiger partial charge in [0.25, 0.3) is 5.91 Å². The minimum absolute atomic E-state index is 0.230. The van der Waals surface area contributed by atoms with Crippen LogP contribution in [0, 0.1) is 5.82 Å². The second-order valence-electron chi connectivity index (χ2n) is 3.81. The number of benzene rings is 1. The number of esters is 2. The lowest BCUT2D eigenvalue weighted by atomic mass is 10.1. The Hall–Kier alpha value is -2.44. The van der Waals surface area contributed by atoms with E-state index in [1.165, 1.54) is 18.2 Å². The number of hydrogen-bond donors (Lipinski definition) is 1. The fourth-order valence-corrected chi connectivity index (χ4v) is 1.47. The van der Waals surface area contributed by atoms with Crippen LogP contribution in [-0.4, -0.2) is 38.1 Å². The van der Waals surface area contributed by atoms with Gasteiger partial charge in [0.15, 0.2) is 0 Å². The third-order valence-corrected chi connectivity index (χ3v) is 2.51. The van der Waals surface area contributed by atoms with Crippen molar-refractivity contribution in [1.82, 2.24) is 5.32 Å². The lowest BCUT2D eigenvalue weighted by Crippen LogP contribution is -2.43. The fraction of sp³-hybridized carbons (Fsp3) is 0.308. The zero-order valence-corrected chi connectivity index (χ0v) is 11.0. The molecule has 0 spiro atoms. The van der Waals surface area contributed by atoms with Gasteiger partial charge in [-0.2, -0.15) is 0 Å². The van der Waals surface area contributed by atoms with Crippen LogP contribution in [0.2, 0.25) is 0 Å².